The Morgan fingerprint density at radius 2 is 2.04 bits per heavy atom. The van der Waals surface area contributed by atoms with E-state index in [4.69, 9.17) is 0 Å². The zero-order valence-electron chi connectivity index (χ0n) is 14.3. The van der Waals surface area contributed by atoms with Gasteiger partial charge in [0.05, 0.1) is 12.2 Å². The molecular formula is C17H25N7O. The van der Waals surface area contributed by atoms with E-state index in [1.807, 2.05) is 10.9 Å². The summed E-state index contributed by atoms with van der Waals surface area (Å²) >= 11 is 0. The van der Waals surface area contributed by atoms with Gasteiger partial charge >= 0.3 is 0 Å². The highest BCUT2D eigenvalue weighted by Gasteiger charge is 2.51. The average molecular weight is 343 g/mol. The number of nitrogens with zero attached hydrogens (tertiary/aromatic N) is 4. The lowest BCUT2D eigenvalue weighted by molar-refractivity contribution is -0.120. The molecule has 0 radical (unpaired) electrons. The van der Waals surface area contributed by atoms with Gasteiger partial charge in [-0.15, -0.1) is 5.10 Å². The Morgan fingerprint density at radius 3 is 2.84 bits per heavy atom. The molecule has 1 aromatic heterocycles. The fourth-order valence-corrected chi connectivity index (χ4v) is 5.13. The number of piperidine rings is 1. The third kappa shape index (κ3) is 2.55. The number of hydrazine groups is 1. The molecule has 3 N–H and O–H groups in total. The topological polar surface area (TPSA) is 87.1 Å². The molecule has 1 amide bonds. The van der Waals surface area contributed by atoms with Gasteiger partial charge in [0, 0.05) is 35.8 Å². The van der Waals surface area contributed by atoms with Crippen molar-refractivity contribution in [1.29, 1.82) is 0 Å². The van der Waals surface area contributed by atoms with Gasteiger partial charge in [0.1, 0.15) is 6.17 Å². The lowest BCUT2D eigenvalue weighted by Crippen LogP contribution is -2.55. The molecule has 3 fully saturated rings. The summed E-state index contributed by atoms with van der Waals surface area (Å²) in [4.78, 5) is 12.4. The van der Waals surface area contributed by atoms with Crippen LogP contribution in [0.2, 0.25) is 0 Å². The van der Waals surface area contributed by atoms with Crippen LogP contribution in [-0.4, -0.2) is 51.2 Å². The summed E-state index contributed by atoms with van der Waals surface area (Å²) in [5.41, 5.74) is 4.89. The van der Waals surface area contributed by atoms with Gasteiger partial charge in [-0.2, -0.15) is 0 Å². The first-order chi connectivity index (χ1) is 12.3. The number of hydrogen-bond acceptors (Lipinski definition) is 6. The van der Waals surface area contributed by atoms with E-state index in [1.54, 1.807) is 12.3 Å². The third-order valence-electron chi connectivity index (χ3n) is 6.26. The van der Waals surface area contributed by atoms with Crippen LogP contribution in [0, 0.1) is 11.8 Å². The van der Waals surface area contributed by atoms with Crippen LogP contribution in [0.4, 0.5) is 0 Å². The number of carbonyl (C=O) groups excluding carboxylic acids is 1. The van der Waals surface area contributed by atoms with Crippen molar-refractivity contribution in [1.82, 2.24) is 36.1 Å². The third-order valence-corrected chi connectivity index (χ3v) is 6.26. The zero-order chi connectivity index (χ0) is 16.8. The minimum atomic E-state index is 0.00175. The van der Waals surface area contributed by atoms with Crippen LogP contribution >= 0.6 is 0 Å². The van der Waals surface area contributed by atoms with Gasteiger partial charge in [-0.3, -0.25) is 9.80 Å². The van der Waals surface area contributed by atoms with E-state index in [0.29, 0.717) is 17.9 Å². The minimum Gasteiger partial charge on any atom is -0.331 e. The number of hydrogen-bond donors (Lipinski definition) is 3. The molecule has 2 saturated heterocycles. The molecule has 3 aliphatic heterocycles. The van der Waals surface area contributed by atoms with Crippen molar-refractivity contribution in [2.45, 2.75) is 50.4 Å². The smallest absolute Gasteiger partial charge is 0.247 e. The highest BCUT2D eigenvalue weighted by molar-refractivity contribution is 5.89. The first-order valence-electron chi connectivity index (χ1n) is 9.45. The first-order valence-corrected chi connectivity index (χ1v) is 9.45. The van der Waals surface area contributed by atoms with Crippen LogP contribution < -0.4 is 16.1 Å². The van der Waals surface area contributed by atoms with Crippen molar-refractivity contribution < 1.29 is 4.79 Å². The quantitative estimate of drug-likeness (QED) is 0.708. The number of allylic oxidation sites excluding steroid dienone is 1. The van der Waals surface area contributed by atoms with Crippen LogP contribution in [0.5, 0.6) is 0 Å². The van der Waals surface area contributed by atoms with Gasteiger partial charge in [0.15, 0.2) is 0 Å². The lowest BCUT2D eigenvalue weighted by Gasteiger charge is -2.40. The maximum absolute atomic E-state index is 12.4. The molecule has 1 aromatic rings. The summed E-state index contributed by atoms with van der Waals surface area (Å²) in [6.45, 7) is 2.05. The van der Waals surface area contributed by atoms with Crippen LogP contribution in [-0.2, 0) is 4.79 Å². The van der Waals surface area contributed by atoms with Crippen molar-refractivity contribution in [3.8, 4) is 0 Å². The van der Waals surface area contributed by atoms with E-state index in [0.717, 1.165) is 38.8 Å². The maximum Gasteiger partial charge on any atom is 0.247 e. The normalized spacial score (nSPS) is 35.8. The Kier molecular flexibility index (Phi) is 3.74. The predicted molar refractivity (Wildman–Crippen MR) is 90.8 cm³/mol. The van der Waals surface area contributed by atoms with Crippen molar-refractivity contribution in [3.05, 3.63) is 24.2 Å². The van der Waals surface area contributed by atoms with Gasteiger partial charge in [-0.1, -0.05) is 5.21 Å². The molecule has 25 heavy (non-hydrogen) atoms. The van der Waals surface area contributed by atoms with E-state index >= 15 is 0 Å². The average Bonchev–Trinajstić information content (AvgIpc) is 3.29. The molecule has 1 aliphatic carbocycles. The largest absolute Gasteiger partial charge is 0.331 e. The van der Waals surface area contributed by atoms with Gasteiger partial charge in [-0.25, -0.2) is 10.1 Å². The van der Waals surface area contributed by atoms with Gasteiger partial charge in [0.2, 0.25) is 5.91 Å². The van der Waals surface area contributed by atoms with Crippen LogP contribution in [0.25, 0.3) is 0 Å². The Bertz CT molecular complexity index is 667. The Labute approximate surface area is 147 Å². The van der Waals surface area contributed by atoms with E-state index in [-0.39, 0.29) is 18.1 Å². The molecule has 4 aliphatic rings. The molecule has 8 nitrogen and oxygen atoms in total. The van der Waals surface area contributed by atoms with E-state index < -0.39 is 0 Å². The molecule has 5 rings (SSSR count). The molecule has 0 aromatic carbocycles. The highest BCUT2D eigenvalue weighted by atomic mass is 16.2. The molecule has 4 heterocycles. The highest BCUT2D eigenvalue weighted by Crippen LogP contribution is 2.43. The van der Waals surface area contributed by atoms with Gasteiger partial charge in [-0.05, 0) is 45.2 Å². The van der Waals surface area contributed by atoms with Gasteiger partial charge < -0.3 is 10.6 Å². The number of aromatic nitrogens is 3. The fourth-order valence-electron chi connectivity index (χ4n) is 5.13. The van der Waals surface area contributed by atoms with E-state index in [1.165, 1.54) is 12.1 Å². The molecule has 8 heteroatoms. The molecule has 1 saturated carbocycles. The van der Waals surface area contributed by atoms with Gasteiger partial charge in [0.25, 0.3) is 0 Å². The second-order valence-corrected chi connectivity index (χ2v) is 7.61. The van der Waals surface area contributed by atoms with E-state index in [9.17, 15) is 4.79 Å². The Morgan fingerprint density at radius 1 is 1.16 bits per heavy atom. The monoisotopic (exact) mass is 343 g/mol. The van der Waals surface area contributed by atoms with Crippen molar-refractivity contribution >= 4 is 5.91 Å². The number of rotatable bonds is 2. The molecule has 0 bridgehead atoms. The summed E-state index contributed by atoms with van der Waals surface area (Å²) in [6, 6.07) is 0.646. The Balaban J connectivity index is 1.46. The predicted octanol–water partition coefficient (Wildman–Crippen LogP) is 0.148. The molecule has 4 unspecified atom stereocenters. The molecule has 0 spiro atoms. The van der Waals surface area contributed by atoms with Crippen molar-refractivity contribution in [3.63, 3.8) is 0 Å². The first kappa shape index (κ1) is 15.3. The second kappa shape index (κ2) is 6.10. The summed E-state index contributed by atoms with van der Waals surface area (Å²) in [5.74, 6) is 0.803. The number of nitrogens with one attached hydrogen (secondary N) is 3. The second-order valence-electron chi connectivity index (χ2n) is 7.61. The minimum absolute atomic E-state index is 0.00175. The van der Waals surface area contributed by atoms with Crippen LogP contribution in [0.3, 0.4) is 0 Å². The molecular weight excluding hydrogens is 318 g/mol. The Hall–Kier alpha value is -1.93. The zero-order valence-corrected chi connectivity index (χ0v) is 14.3. The molecule has 134 valence electrons. The van der Waals surface area contributed by atoms with Crippen molar-refractivity contribution in [2.24, 2.45) is 11.8 Å². The van der Waals surface area contributed by atoms with Crippen LogP contribution in [0.1, 0.15) is 38.1 Å². The number of fused-ring (bicyclic) bond motifs is 3. The number of carbonyl (C=O) groups is 1. The molecule has 4 atom stereocenters. The maximum atomic E-state index is 12.4. The summed E-state index contributed by atoms with van der Waals surface area (Å²) in [5, 5.41) is 17.1. The van der Waals surface area contributed by atoms with E-state index in [2.05, 4.69) is 31.4 Å². The standard InChI is InChI=1S/C17H25N7O/c25-15-10-14(11-4-6-18-7-5-11)24-17(20-15)16-12(21-24)2-1-3-13(16)23-9-8-19-22-23/h8-13,16-18,21H,1-7H2,(H,20,25). The van der Waals surface area contributed by atoms with Crippen molar-refractivity contribution in [2.75, 3.05) is 13.1 Å². The summed E-state index contributed by atoms with van der Waals surface area (Å²) in [7, 11) is 0. The number of amides is 1. The summed E-state index contributed by atoms with van der Waals surface area (Å²) < 4.78 is 1.98. The van der Waals surface area contributed by atoms with Crippen LogP contribution in [0.15, 0.2) is 24.2 Å². The lowest BCUT2D eigenvalue weighted by atomic mass is 9.79. The fraction of sp³-hybridized carbons (Fsp3) is 0.706. The SMILES string of the molecule is O=C1C=C(C2CCNCC2)N2NC3CCCC(n4ccnn4)C3C2N1. The summed E-state index contributed by atoms with van der Waals surface area (Å²) in [6.07, 6.45) is 11.1.